The largest absolute Gasteiger partial charge is 0.360 e. The molecule has 0 fully saturated rings. The van der Waals surface area contributed by atoms with Crippen molar-refractivity contribution in [1.82, 2.24) is 20.3 Å². The lowest BCUT2D eigenvalue weighted by Crippen LogP contribution is -2.25. The number of carbonyl (C=O) groups excluding carboxylic acids is 1. The SMILES string of the molecule is Cn1nccc1CNC(=O)c1noc2c1CCCC2. The van der Waals surface area contributed by atoms with E-state index in [2.05, 4.69) is 15.6 Å². The Labute approximate surface area is 110 Å². The van der Waals surface area contributed by atoms with Crippen LogP contribution in [0.5, 0.6) is 0 Å². The van der Waals surface area contributed by atoms with Crippen LogP contribution >= 0.6 is 0 Å². The summed E-state index contributed by atoms with van der Waals surface area (Å²) in [6.45, 7) is 0.441. The molecule has 1 aliphatic rings. The maximum absolute atomic E-state index is 12.1. The summed E-state index contributed by atoms with van der Waals surface area (Å²) in [5.74, 6) is 0.699. The third-order valence-electron chi connectivity index (χ3n) is 3.52. The molecule has 1 amide bonds. The van der Waals surface area contributed by atoms with Crippen LogP contribution in [-0.2, 0) is 26.4 Å². The molecule has 19 heavy (non-hydrogen) atoms. The number of fused-ring (bicyclic) bond motifs is 1. The zero-order chi connectivity index (χ0) is 13.2. The molecule has 0 saturated carbocycles. The van der Waals surface area contributed by atoms with Crippen LogP contribution in [0.25, 0.3) is 0 Å². The normalized spacial score (nSPS) is 14.2. The van der Waals surface area contributed by atoms with Crippen molar-refractivity contribution < 1.29 is 9.32 Å². The average Bonchev–Trinajstić information content (AvgIpc) is 3.02. The standard InChI is InChI=1S/C13H16N4O2/c1-17-9(6-7-15-17)8-14-13(18)12-10-4-2-3-5-11(10)19-16-12/h6-7H,2-5,8H2,1H3,(H,14,18). The second-order valence-electron chi connectivity index (χ2n) is 4.77. The quantitative estimate of drug-likeness (QED) is 0.900. The van der Waals surface area contributed by atoms with Crippen LogP contribution in [0.3, 0.4) is 0 Å². The van der Waals surface area contributed by atoms with Crippen LogP contribution < -0.4 is 5.32 Å². The zero-order valence-corrected chi connectivity index (χ0v) is 10.8. The molecule has 2 heterocycles. The Hall–Kier alpha value is -2.11. The fraction of sp³-hybridized carbons (Fsp3) is 0.462. The van der Waals surface area contributed by atoms with E-state index in [0.717, 1.165) is 42.7 Å². The molecule has 0 unspecified atom stereocenters. The second kappa shape index (κ2) is 4.87. The van der Waals surface area contributed by atoms with Gasteiger partial charge in [0.2, 0.25) is 0 Å². The van der Waals surface area contributed by atoms with Crippen molar-refractivity contribution in [2.24, 2.45) is 7.05 Å². The van der Waals surface area contributed by atoms with E-state index in [4.69, 9.17) is 4.52 Å². The first-order valence-corrected chi connectivity index (χ1v) is 6.48. The molecular weight excluding hydrogens is 244 g/mol. The van der Waals surface area contributed by atoms with E-state index < -0.39 is 0 Å². The molecule has 0 atom stereocenters. The lowest BCUT2D eigenvalue weighted by atomic mass is 9.96. The van der Waals surface area contributed by atoms with E-state index >= 15 is 0 Å². The Morgan fingerprint density at radius 2 is 2.32 bits per heavy atom. The first-order valence-electron chi connectivity index (χ1n) is 6.48. The molecule has 6 nitrogen and oxygen atoms in total. The van der Waals surface area contributed by atoms with Crippen LogP contribution in [0, 0.1) is 0 Å². The fourth-order valence-corrected chi connectivity index (χ4v) is 2.39. The van der Waals surface area contributed by atoms with E-state index in [1.54, 1.807) is 10.9 Å². The van der Waals surface area contributed by atoms with Crippen LogP contribution in [0.4, 0.5) is 0 Å². The van der Waals surface area contributed by atoms with Crippen molar-refractivity contribution in [2.75, 3.05) is 0 Å². The number of hydrogen-bond acceptors (Lipinski definition) is 4. The van der Waals surface area contributed by atoms with E-state index in [1.807, 2.05) is 13.1 Å². The highest BCUT2D eigenvalue weighted by atomic mass is 16.5. The minimum atomic E-state index is -0.173. The van der Waals surface area contributed by atoms with Gasteiger partial charge >= 0.3 is 0 Å². The van der Waals surface area contributed by atoms with Gasteiger partial charge in [0.25, 0.3) is 5.91 Å². The van der Waals surface area contributed by atoms with Gasteiger partial charge in [0, 0.05) is 25.2 Å². The molecule has 100 valence electrons. The van der Waals surface area contributed by atoms with Crippen molar-refractivity contribution in [2.45, 2.75) is 32.2 Å². The summed E-state index contributed by atoms with van der Waals surface area (Å²) in [4.78, 5) is 12.1. The Morgan fingerprint density at radius 1 is 1.47 bits per heavy atom. The molecule has 6 heteroatoms. The maximum atomic E-state index is 12.1. The Kier molecular flexibility index (Phi) is 3.06. The number of rotatable bonds is 3. The van der Waals surface area contributed by atoms with E-state index in [1.165, 1.54) is 0 Å². The first-order chi connectivity index (χ1) is 9.25. The number of hydrogen-bond donors (Lipinski definition) is 1. The minimum Gasteiger partial charge on any atom is -0.360 e. The van der Waals surface area contributed by atoms with Gasteiger partial charge in [0.1, 0.15) is 5.76 Å². The van der Waals surface area contributed by atoms with Crippen molar-refractivity contribution in [3.05, 3.63) is 35.0 Å². The van der Waals surface area contributed by atoms with Gasteiger partial charge in [-0.1, -0.05) is 5.16 Å². The van der Waals surface area contributed by atoms with Crippen molar-refractivity contribution in [3.8, 4) is 0 Å². The molecular formula is C13H16N4O2. The van der Waals surface area contributed by atoms with Crippen LogP contribution in [-0.4, -0.2) is 20.8 Å². The van der Waals surface area contributed by atoms with Gasteiger partial charge in [0.15, 0.2) is 5.69 Å². The van der Waals surface area contributed by atoms with Gasteiger partial charge in [-0.05, 0) is 25.3 Å². The highest BCUT2D eigenvalue weighted by molar-refractivity contribution is 5.93. The predicted octanol–water partition coefficient (Wildman–Crippen LogP) is 1.22. The number of nitrogens with zero attached hydrogens (tertiary/aromatic N) is 3. The molecule has 0 aliphatic heterocycles. The van der Waals surface area contributed by atoms with Crippen molar-refractivity contribution in [3.63, 3.8) is 0 Å². The number of carbonyl (C=O) groups is 1. The summed E-state index contributed by atoms with van der Waals surface area (Å²) in [5, 5.41) is 10.8. The summed E-state index contributed by atoms with van der Waals surface area (Å²) in [6.07, 6.45) is 5.68. The molecule has 0 aromatic carbocycles. The molecule has 1 N–H and O–H groups in total. The molecule has 2 aromatic heterocycles. The topological polar surface area (TPSA) is 73.0 Å². The molecule has 0 saturated heterocycles. The second-order valence-corrected chi connectivity index (χ2v) is 4.77. The van der Waals surface area contributed by atoms with Crippen molar-refractivity contribution >= 4 is 5.91 Å². The van der Waals surface area contributed by atoms with Gasteiger partial charge in [0.05, 0.1) is 12.2 Å². The molecule has 1 aliphatic carbocycles. The molecule has 0 radical (unpaired) electrons. The zero-order valence-electron chi connectivity index (χ0n) is 10.8. The summed E-state index contributed by atoms with van der Waals surface area (Å²) in [7, 11) is 1.85. The lowest BCUT2D eigenvalue weighted by Gasteiger charge is -2.09. The van der Waals surface area contributed by atoms with Crippen LogP contribution in [0.15, 0.2) is 16.8 Å². The number of amides is 1. The summed E-state index contributed by atoms with van der Waals surface area (Å²) in [6, 6.07) is 1.87. The molecule has 2 aromatic rings. The van der Waals surface area contributed by atoms with Gasteiger partial charge in [-0.2, -0.15) is 5.10 Å². The molecule has 0 bridgehead atoms. The Bertz CT molecular complexity index is 600. The monoisotopic (exact) mass is 260 g/mol. The van der Waals surface area contributed by atoms with Crippen LogP contribution in [0.2, 0.25) is 0 Å². The van der Waals surface area contributed by atoms with Gasteiger partial charge in [-0.15, -0.1) is 0 Å². The van der Waals surface area contributed by atoms with Gasteiger partial charge < -0.3 is 9.84 Å². The molecule has 3 rings (SSSR count). The van der Waals surface area contributed by atoms with E-state index in [0.29, 0.717) is 12.2 Å². The minimum absolute atomic E-state index is 0.173. The fourth-order valence-electron chi connectivity index (χ4n) is 2.39. The van der Waals surface area contributed by atoms with Crippen molar-refractivity contribution in [1.29, 1.82) is 0 Å². The first kappa shape index (κ1) is 12.0. The summed E-state index contributed by atoms with van der Waals surface area (Å²) < 4.78 is 6.98. The van der Waals surface area contributed by atoms with Crippen LogP contribution in [0.1, 0.15) is 40.3 Å². The lowest BCUT2D eigenvalue weighted by molar-refractivity contribution is 0.0940. The highest BCUT2D eigenvalue weighted by Gasteiger charge is 2.23. The average molecular weight is 260 g/mol. The van der Waals surface area contributed by atoms with E-state index in [-0.39, 0.29) is 5.91 Å². The third-order valence-corrected chi connectivity index (χ3v) is 3.52. The smallest absolute Gasteiger partial charge is 0.274 e. The predicted molar refractivity (Wildman–Crippen MR) is 67.5 cm³/mol. The van der Waals surface area contributed by atoms with Gasteiger partial charge in [-0.25, -0.2) is 0 Å². The number of aryl methyl sites for hydroxylation is 2. The Balaban J connectivity index is 1.71. The van der Waals surface area contributed by atoms with Gasteiger partial charge in [-0.3, -0.25) is 9.48 Å². The highest BCUT2D eigenvalue weighted by Crippen LogP contribution is 2.24. The summed E-state index contributed by atoms with van der Waals surface area (Å²) >= 11 is 0. The molecule has 0 spiro atoms. The van der Waals surface area contributed by atoms with E-state index in [9.17, 15) is 4.79 Å². The number of nitrogens with one attached hydrogen (secondary N) is 1. The Morgan fingerprint density at radius 3 is 3.11 bits per heavy atom. The number of aromatic nitrogens is 3. The maximum Gasteiger partial charge on any atom is 0.274 e. The summed E-state index contributed by atoms with van der Waals surface area (Å²) in [5.41, 5.74) is 2.37. The third kappa shape index (κ3) is 2.25.